The summed E-state index contributed by atoms with van der Waals surface area (Å²) in [5, 5.41) is 5.68. The van der Waals surface area contributed by atoms with E-state index in [4.69, 9.17) is 0 Å². The number of thiazole rings is 1. The van der Waals surface area contributed by atoms with Crippen molar-refractivity contribution in [2.45, 2.75) is 24.7 Å². The third kappa shape index (κ3) is 4.92. The predicted molar refractivity (Wildman–Crippen MR) is 86.7 cm³/mol. The molecule has 0 atom stereocenters. The fourth-order valence-electron chi connectivity index (χ4n) is 1.91. The van der Waals surface area contributed by atoms with Gasteiger partial charge >= 0.3 is 0 Å². The Balaban J connectivity index is 1.76. The van der Waals surface area contributed by atoms with E-state index >= 15 is 0 Å². The molecule has 0 aliphatic heterocycles. The topological polar surface area (TPSA) is 76.1 Å². The van der Waals surface area contributed by atoms with E-state index < -0.39 is 9.84 Å². The van der Waals surface area contributed by atoms with Crippen molar-refractivity contribution >= 4 is 27.1 Å². The van der Waals surface area contributed by atoms with Crippen LogP contribution in [0.5, 0.6) is 0 Å². The molecule has 7 heteroatoms. The number of hydrogen-bond acceptors (Lipinski definition) is 5. The number of hydrogen-bond donors (Lipinski definition) is 1. The molecule has 0 saturated carbocycles. The minimum absolute atomic E-state index is 0.0344. The molecule has 22 heavy (non-hydrogen) atoms. The van der Waals surface area contributed by atoms with Crippen LogP contribution in [-0.2, 0) is 21.1 Å². The normalized spacial score (nSPS) is 11.3. The number of nitrogens with one attached hydrogen (secondary N) is 1. The molecule has 5 nitrogen and oxygen atoms in total. The number of benzene rings is 1. The summed E-state index contributed by atoms with van der Waals surface area (Å²) in [6.07, 6.45) is 0.620. The van der Waals surface area contributed by atoms with Crippen LogP contribution < -0.4 is 5.32 Å². The van der Waals surface area contributed by atoms with E-state index in [9.17, 15) is 13.2 Å². The molecule has 0 spiro atoms. The molecule has 118 valence electrons. The summed E-state index contributed by atoms with van der Waals surface area (Å²) in [5.41, 5.74) is 0.944. The van der Waals surface area contributed by atoms with Gasteiger partial charge in [0, 0.05) is 24.8 Å². The Morgan fingerprint density at radius 1 is 1.27 bits per heavy atom. The highest BCUT2D eigenvalue weighted by atomic mass is 32.2. The first kappa shape index (κ1) is 16.6. The van der Waals surface area contributed by atoms with Crippen LogP contribution in [0.1, 0.15) is 17.1 Å². The van der Waals surface area contributed by atoms with Crippen molar-refractivity contribution in [3.05, 3.63) is 46.4 Å². The molecule has 0 unspecified atom stereocenters. The second-order valence-corrected chi connectivity index (χ2v) is 8.01. The van der Waals surface area contributed by atoms with Crippen LogP contribution in [0.25, 0.3) is 0 Å². The van der Waals surface area contributed by atoms with E-state index in [-0.39, 0.29) is 23.0 Å². The van der Waals surface area contributed by atoms with E-state index in [2.05, 4.69) is 10.3 Å². The number of sulfone groups is 1. The minimum Gasteiger partial charge on any atom is -0.356 e. The Morgan fingerprint density at radius 3 is 2.64 bits per heavy atom. The van der Waals surface area contributed by atoms with Crippen molar-refractivity contribution < 1.29 is 13.2 Å². The van der Waals surface area contributed by atoms with Crippen molar-refractivity contribution in [2.75, 3.05) is 12.3 Å². The third-order valence-corrected chi connectivity index (χ3v) is 5.62. The highest BCUT2D eigenvalue weighted by Gasteiger charge is 2.15. The van der Waals surface area contributed by atoms with E-state index in [1.165, 1.54) is 12.1 Å². The largest absolute Gasteiger partial charge is 0.356 e. The minimum atomic E-state index is -3.40. The van der Waals surface area contributed by atoms with Crippen LogP contribution in [0.4, 0.5) is 0 Å². The lowest BCUT2D eigenvalue weighted by Crippen LogP contribution is -2.27. The number of nitrogens with zero attached hydrogens (tertiary/aromatic N) is 1. The van der Waals surface area contributed by atoms with E-state index in [0.717, 1.165) is 10.7 Å². The van der Waals surface area contributed by atoms with Crippen molar-refractivity contribution in [3.63, 3.8) is 0 Å². The Morgan fingerprint density at radius 2 is 2.00 bits per heavy atom. The smallest absolute Gasteiger partial charge is 0.221 e. The first-order valence-corrected chi connectivity index (χ1v) is 9.46. The molecule has 1 amide bonds. The van der Waals surface area contributed by atoms with Gasteiger partial charge < -0.3 is 5.32 Å². The SMILES string of the molecule is Cc1nc(CCNC(=O)CCS(=O)(=O)c2ccccc2)cs1. The number of aromatic nitrogens is 1. The average Bonchev–Trinajstić information content (AvgIpc) is 2.92. The van der Waals surface area contributed by atoms with Crippen LogP contribution >= 0.6 is 11.3 Å². The summed E-state index contributed by atoms with van der Waals surface area (Å²) >= 11 is 1.57. The fourth-order valence-corrected chi connectivity index (χ4v) is 3.82. The summed E-state index contributed by atoms with van der Waals surface area (Å²) in [4.78, 5) is 16.3. The quantitative estimate of drug-likeness (QED) is 0.837. The standard InChI is InChI=1S/C15H18N2O3S2/c1-12-17-13(11-21-12)7-9-16-15(18)8-10-22(19,20)14-5-3-2-4-6-14/h2-6,11H,7-10H2,1H3,(H,16,18). The molecule has 1 heterocycles. The van der Waals surface area contributed by atoms with Gasteiger partial charge in [-0.1, -0.05) is 18.2 Å². The zero-order chi connectivity index (χ0) is 16.0. The molecular weight excluding hydrogens is 320 g/mol. The van der Waals surface area contributed by atoms with Gasteiger partial charge in [0.1, 0.15) is 0 Å². The van der Waals surface area contributed by atoms with Gasteiger partial charge in [-0.25, -0.2) is 13.4 Å². The molecule has 0 aliphatic carbocycles. The molecule has 1 aromatic heterocycles. The molecular formula is C15H18N2O3S2. The van der Waals surface area contributed by atoms with Crippen LogP contribution in [-0.4, -0.2) is 31.6 Å². The average molecular weight is 338 g/mol. The van der Waals surface area contributed by atoms with Crippen molar-refractivity contribution in [3.8, 4) is 0 Å². The maximum absolute atomic E-state index is 12.0. The lowest BCUT2D eigenvalue weighted by Gasteiger charge is -2.05. The Kier molecular flexibility index (Phi) is 5.68. The lowest BCUT2D eigenvalue weighted by molar-refractivity contribution is -0.120. The molecule has 0 saturated heterocycles. The molecule has 0 fully saturated rings. The Labute approximate surface area is 134 Å². The Hall–Kier alpha value is -1.73. The summed E-state index contributed by atoms with van der Waals surface area (Å²) in [5.74, 6) is -0.440. The third-order valence-electron chi connectivity index (χ3n) is 3.07. The van der Waals surface area contributed by atoms with Gasteiger partial charge in [-0.3, -0.25) is 4.79 Å². The van der Waals surface area contributed by atoms with Gasteiger partial charge in [0.05, 0.1) is 21.3 Å². The van der Waals surface area contributed by atoms with Gasteiger partial charge in [0.25, 0.3) is 0 Å². The van der Waals surface area contributed by atoms with Crippen LogP contribution in [0.2, 0.25) is 0 Å². The van der Waals surface area contributed by atoms with Gasteiger partial charge in [0.15, 0.2) is 9.84 Å². The number of amides is 1. The molecule has 0 aliphatic rings. The maximum Gasteiger partial charge on any atom is 0.221 e. The monoisotopic (exact) mass is 338 g/mol. The summed E-state index contributed by atoms with van der Waals surface area (Å²) in [7, 11) is -3.40. The number of carbonyl (C=O) groups excluding carboxylic acids is 1. The van der Waals surface area contributed by atoms with Crippen molar-refractivity contribution in [1.29, 1.82) is 0 Å². The van der Waals surface area contributed by atoms with Crippen LogP contribution in [0.15, 0.2) is 40.6 Å². The van der Waals surface area contributed by atoms with Gasteiger partial charge in [-0.2, -0.15) is 0 Å². The molecule has 0 bridgehead atoms. The summed E-state index contributed by atoms with van der Waals surface area (Å²) in [6, 6.07) is 8.17. The molecule has 2 rings (SSSR count). The van der Waals surface area contributed by atoms with Crippen LogP contribution in [0.3, 0.4) is 0 Å². The van der Waals surface area contributed by atoms with Crippen molar-refractivity contribution in [1.82, 2.24) is 10.3 Å². The zero-order valence-corrected chi connectivity index (χ0v) is 13.9. The highest BCUT2D eigenvalue weighted by Crippen LogP contribution is 2.11. The van der Waals surface area contributed by atoms with E-state index in [1.807, 2.05) is 12.3 Å². The molecule has 1 N–H and O–H groups in total. The zero-order valence-electron chi connectivity index (χ0n) is 12.3. The number of rotatable bonds is 7. The van der Waals surface area contributed by atoms with Gasteiger partial charge in [0.2, 0.25) is 5.91 Å². The highest BCUT2D eigenvalue weighted by molar-refractivity contribution is 7.91. The number of carbonyl (C=O) groups is 1. The second-order valence-electron chi connectivity index (χ2n) is 4.84. The second kappa shape index (κ2) is 7.51. The maximum atomic E-state index is 12.0. The molecule has 1 aromatic carbocycles. The van der Waals surface area contributed by atoms with Gasteiger partial charge in [-0.05, 0) is 19.1 Å². The number of aryl methyl sites for hydroxylation is 1. The molecule has 0 radical (unpaired) electrons. The molecule has 2 aromatic rings. The lowest BCUT2D eigenvalue weighted by atomic mass is 10.3. The van der Waals surface area contributed by atoms with Gasteiger partial charge in [-0.15, -0.1) is 11.3 Å². The first-order valence-electron chi connectivity index (χ1n) is 6.93. The van der Waals surface area contributed by atoms with E-state index in [0.29, 0.717) is 13.0 Å². The summed E-state index contributed by atoms with van der Waals surface area (Å²) < 4.78 is 24.1. The fraction of sp³-hybridized carbons (Fsp3) is 0.333. The van der Waals surface area contributed by atoms with Crippen molar-refractivity contribution in [2.24, 2.45) is 0 Å². The van der Waals surface area contributed by atoms with E-state index in [1.54, 1.807) is 29.5 Å². The predicted octanol–water partition coefficient (Wildman–Crippen LogP) is 1.97. The van der Waals surface area contributed by atoms with Crippen LogP contribution in [0, 0.1) is 6.92 Å². The summed E-state index contributed by atoms with van der Waals surface area (Å²) in [6.45, 7) is 2.40. The Bertz CT molecular complexity index is 724. The first-order chi connectivity index (χ1) is 10.5.